The number of aromatic nitrogens is 2. The number of carboxylic acid groups (broad SMARTS) is 1. The number of hydrogen-bond donors (Lipinski definition) is 3. The number of amides is 1. The molecule has 1 saturated heterocycles. The second kappa shape index (κ2) is 5.72. The van der Waals surface area contributed by atoms with Crippen molar-refractivity contribution in [2.45, 2.75) is 15.8 Å². The van der Waals surface area contributed by atoms with Crippen LogP contribution in [0.1, 0.15) is 0 Å². The average molecular weight is 362 g/mol. The number of hydrogen-bond acceptors (Lipinski definition) is 8. The van der Waals surface area contributed by atoms with E-state index in [1.165, 1.54) is 39.8 Å². The van der Waals surface area contributed by atoms with Gasteiger partial charge in [0.15, 0.2) is 8.29 Å². The summed E-state index contributed by atoms with van der Waals surface area (Å²) in [5, 5.41) is 15.8. The number of aromatic amines is 1. The van der Waals surface area contributed by atoms with Crippen LogP contribution in [0, 0.1) is 3.95 Å². The summed E-state index contributed by atoms with van der Waals surface area (Å²) < 4.78 is 1.32. The molecule has 7 nitrogen and oxygen atoms in total. The smallest absolute Gasteiger partial charge is 0.352 e. The fourth-order valence-corrected chi connectivity index (χ4v) is 5.63. The minimum absolute atomic E-state index is 0.0667. The van der Waals surface area contributed by atoms with E-state index in [0.717, 1.165) is 4.34 Å². The van der Waals surface area contributed by atoms with Crippen LogP contribution in [0.4, 0.5) is 0 Å². The first kappa shape index (κ1) is 15.0. The van der Waals surface area contributed by atoms with Crippen molar-refractivity contribution in [3.05, 3.63) is 15.2 Å². The third-order valence-electron chi connectivity index (χ3n) is 3.08. The van der Waals surface area contributed by atoms with E-state index in [1.54, 1.807) is 0 Å². The fraction of sp³-hybridized carbons (Fsp3) is 0.400. The van der Waals surface area contributed by atoms with E-state index in [-0.39, 0.29) is 17.0 Å². The molecule has 0 spiro atoms. The second-order valence-corrected chi connectivity index (χ2v) is 8.35. The molecule has 3 rings (SSSR count). The van der Waals surface area contributed by atoms with Gasteiger partial charge in [0.05, 0.1) is 0 Å². The van der Waals surface area contributed by atoms with Crippen molar-refractivity contribution in [1.82, 2.24) is 15.1 Å². The first-order valence-electron chi connectivity index (χ1n) is 5.83. The van der Waals surface area contributed by atoms with Gasteiger partial charge in [-0.1, -0.05) is 23.1 Å². The first-order valence-corrected chi connectivity index (χ1v) is 9.09. The number of aliphatic carboxylic acids is 1. The molecule has 11 heteroatoms. The molecule has 0 aromatic carbocycles. The summed E-state index contributed by atoms with van der Waals surface area (Å²) in [5.41, 5.74) is 6.47. The molecule has 1 fully saturated rings. The summed E-state index contributed by atoms with van der Waals surface area (Å²) in [6, 6.07) is -0.602. The molecule has 0 saturated carbocycles. The molecule has 1 amide bonds. The van der Waals surface area contributed by atoms with Gasteiger partial charge >= 0.3 is 5.97 Å². The Morgan fingerprint density at radius 2 is 2.43 bits per heavy atom. The number of fused-ring (bicyclic) bond motifs is 1. The lowest BCUT2D eigenvalue weighted by Gasteiger charge is -2.48. The Balaban J connectivity index is 1.82. The number of carbonyl (C=O) groups is 2. The van der Waals surface area contributed by atoms with Gasteiger partial charge in [-0.15, -0.1) is 11.8 Å². The predicted octanol–water partition coefficient (Wildman–Crippen LogP) is 0.874. The number of thioether (sulfide) groups is 2. The van der Waals surface area contributed by atoms with Crippen molar-refractivity contribution >= 4 is 59.0 Å². The fourth-order valence-electron chi connectivity index (χ4n) is 2.12. The lowest BCUT2D eigenvalue weighted by molar-refractivity contribution is -0.147. The topological polar surface area (TPSA) is 112 Å². The Hall–Kier alpha value is -0.880. The third kappa shape index (κ3) is 2.63. The zero-order valence-corrected chi connectivity index (χ0v) is 13.7. The number of nitrogens with two attached hydrogens (primary N) is 1. The Bertz CT molecular complexity index is 696. The number of carboxylic acids is 1. The highest BCUT2D eigenvalue weighted by molar-refractivity contribution is 8.02. The molecule has 3 heterocycles. The molecular weight excluding hydrogens is 352 g/mol. The van der Waals surface area contributed by atoms with Crippen molar-refractivity contribution in [3.63, 3.8) is 0 Å². The average Bonchev–Trinajstić information content (AvgIpc) is 2.88. The summed E-state index contributed by atoms with van der Waals surface area (Å²) >= 11 is 9.18. The third-order valence-corrected chi connectivity index (χ3v) is 6.76. The summed E-state index contributed by atoms with van der Waals surface area (Å²) in [6.45, 7) is 0. The van der Waals surface area contributed by atoms with Crippen LogP contribution in [-0.2, 0) is 9.59 Å². The molecule has 1 unspecified atom stereocenters. The lowest BCUT2D eigenvalue weighted by Crippen LogP contribution is -2.68. The Kier molecular flexibility index (Phi) is 4.10. The van der Waals surface area contributed by atoms with Crippen LogP contribution in [0.2, 0.25) is 0 Å². The molecule has 0 aliphatic carbocycles. The molecule has 112 valence electrons. The van der Waals surface area contributed by atoms with E-state index in [4.69, 9.17) is 18.0 Å². The predicted molar refractivity (Wildman–Crippen MR) is 83.8 cm³/mol. The normalized spacial score (nSPS) is 24.8. The highest BCUT2D eigenvalue weighted by Gasteiger charge is 2.51. The van der Waals surface area contributed by atoms with E-state index in [2.05, 4.69) is 10.2 Å². The molecule has 21 heavy (non-hydrogen) atoms. The number of rotatable bonds is 4. The molecule has 0 radical (unpaired) electrons. The highest BCUT2D eigenvalue weighted by atomic mass is 32.2. The maximum atomic E-state index is 11.8. The summed E-state index contributed by atoms with van der Waals surface area (Å²) in [4.78, 5) is 24.6. The van der Waals surface area contributed by atoms with Crippen molar-refractivity contribution < 1.29 is 14.7 Å². The van der Waals surface area contributed by atoms with Crippen LogP contribution in [0.25, 0.3) is 0 Å². The van der Waals surface area contributed by atoms with E-state index in [1.807, 2.05) is 0 Å². The van der Waals surface area contributed by atoms with Crippen LogP contribution >= 0.6 is 47.1 Å². The van der Waals surface area contributed by atoms with Crippen LogP contribution in [0.3, 0.4) is 0 Å². The van der Waals surface area contributed by atoms with Crippen LogP contribution < -0.4 is 5.73 Å². The zero-order valence-electron chi connectivity index (χ0n) is 10.4. The minimum atomic E-state index is -1.09. The maximum absolute atomic E-state index is 11.8. The Labute approximate surface area is 137 Å². The summed E-state index contributed by atoms with van der Waals surface area (Å²) in [6.07, 6.45) is 0. The second-order valence-electron chi connectivity index (χ2n) is 4.36. The molecule has 2 atom stereocenters. The van der Waals surface area contributed by atoms with E-state index in [9.17, 15) is 14.7 Å². The van der Waals surface area contributed by atoms with Crippen molar-refractivity contribution in [1.29, 1.82) is 0 Å². The van der Waals surface area contributed by atoms with E-state index < -0.39 is 12.0 Å². The van der Waals surface area contributed by atoms with Gasteiger partial charge in [0.2, 0.25) is 5.91 Å². The van der Waals surface area contributed by atoms with Crippen LogP contribution in [-0.4, -0.2) is 55.0 Å². The number of nitrogens with one attached hydrogen (secondary N) is 1. The van der Waals surface area contributed by atoms with Gasteiger partial charge < -0.3 is 10.8 Å². The van der Waals surface area contributed by atoms with Crippen molar-refractivity contribution in [2.24, 2.45) is 5.73 Å². The van der Waals surface area contributed by atoms with E-state index in [0.29, 0.717) is 21.0 Å². The van der Waals surface area contributed by atoms with Gasteiger partial charge in [0, 0.05) is 11.5 Å². The van der Waals surface area contributed by atoms with Gasteiger partial charge in [-0.05, 0) is 17.8 Å². The Morgan fingerprint density at radius 1 is 1.67 bits per heavy atom. The number of nitrogens with zero attached hydrogens (tertiary/aromatic N) is 2. The molecule has 0 bridgehead atoms. The SMILES string of the molecule is NC1C(=O)N2C(C(=O)O)=C(CSc3n[nH]c(=S)s3)CS[C@H]12. The van der Waals surface area contributed by atoms with Crippen LogP contribution in [0.5, 0.6) is 0 Å². The molecule has 1 aromatic heterocycles. The molecule has 1 aromatic rings. The number of H-pyrrole nitrogens is 1. The number of β-lactam (4-membered cyclic amide) rings is 1. The van der Waals surface area contributed by atoms with Crippen LogP contribution in [0.15, 0.2) is 15.6 Å². The van der Waals surface area contributed by atoms with Gasteiger partial charge in [0.25, 0.3) is 0 Å². The van der Waals surface area contributed by atoms with Gasteiger partial charge in [-0.2, -0.15) is 5.10 Å². The Morgan fingerprint density at radius 3 is 3.05 bits per heavy atom. The molecule has 4 N–H and O–H groups in total. The maximum Gasteiger partial charge on any atom is 0.352 e. The quantitative estimate of drug-likeness (QED) is 0.411. The molecular formula is C10H10N4O3S4. The largest absolute Gasteiger partial charge is 0.477 e. The lowest BCUT2D eigenvalue weighted by atomic mass is 10.0. The standard InChI is InChI=1S/C10H10N4O3S4/c11-4-6(15)14-5(8(16)17)3(1-19-7(4)14)2-20-10-13-12-9(18)21-10/h4,7H,1-2,11H2,(H,12,18)(H,16,17)/t4?,7-/m1/s1. The summed E-state index contributed by atoms with van der Waals surface area (Å²) in [5.74, 6) is -0.420. The number of carbonyl (C=O) groups excluding carboxylic acids is 1. The summed E-state index contributed by atoms with van der Waals surface area (Å²) in [7, 11) is 0. The van der Waals surface area contributed by atoms with Crippen molar-refractivity contribution in [2.75, 3.05) is 11.5 Å². The highest BCUT2D eigenvalue weighted by Crippen LogP contribution is 2.40. The van der Waals surface area contributed by atoms with E-state index >= 15 is 0 Å². The molecule has 2 aliphatic heterocycles. The minimum Gasteiger partial charge on any atom is -0.477 e. The van der Waals surface area contributed by atoms with Gasteiger partial charge in [-0.3, -0.25) is 14.8 Å². The monoisotopic (exact) mass is 362 g/mol. The first-order chi connectivity index (χ1) is 9.99. The molecule has 2 aliphatic rings. The zero-order chi connectivity index (χ0) is 15.1. The van der Waals surface area contributed by atoms with Gasteiger partial charge in [0.1, 0.15) is 17.1 Å². The van der Waals surface area contributed by atoms with Crippen molar-refractivity contribution in [3.8, 4) is 0 Å². The van der Waals surface area contributed by atoms with Gasteiger partial charge in [-0.25, -0.2) is 4.79 Å².